The average Bonchev–Trinajstić information content (AvgIpc) is 2.77. The van der Waals surface area contributed by atoms with Crippen LogP contribution in [0.15, 0.2) is 24.4 Å². The summed E-state index contributed by atoms with van der Waals surface area (Å²) in [6.07, 6.45) is 1.94. The van der Waals surface area contributed by atoms with Gasteiger partial charge in [0.15, 0.2) is 5.69 Å². The zero-order valence-electron chi connectivity index (χ0n) is 11.3. The average molecular weight is 258 g/mol. The molecule has 0 spiro atoms. The molecule has 1 amide bonds. The van der Waals surface area contributed by atoms with Crippen LogP contribution >= 0.6 is 0 Å². The first-order valence-electron chi connectivity index (χ1n) is 6.58. The Balaban J connectivity index is 1.94. The number of aromatic nitrogens is 2. The molecule has 0 bridgehead atoms. The van der Waals surface area contributed by atoms with Crippen LogP contribution in [0.4, 0.5) is 0 Å². The maximum atomic E-state index is 12.6. The fourth-order valence-corrected chi connectivity index (χ4v) is 2.51. The van der Waals surface area contributed by atoms with Crippen LogP contribution in [0.25, 0.3) is 5.52 Å². The monoisotopic (exact) mass is 258 g/mol. The van der Waals surface area contributed by atoms with E-state index in [-0.39, 0.29) is 5.91 Å². The van der Waals surface area contributed by atoms with E-state index in [0.29, 0.717) is 5.69 Å². The first kappa shape index (κ1) is 12.2. The van der Waals surface area contributed by atoms with Crippen LogP contribution in [0.1, 0.15) is 16.3 Å². The van der Waals surface area contributed by atoms with Gasteiger partial charge in [-0.1, -0.05) is 6.07 Å². The van der Waals surface area contributed by atoms with Gasteiger partial charge < -0.3 is 14.2 Å². The Morgan fingerprint density at radius 3 is 2.68 bits per heavy atom. The second-order valence-corrected chi connectivity index (χ2v) is 5.06. The van der Waals surface area contributed by atoms with Crippen molar-refractivity contribution < 1.29 is 4.79 Å². The van der Waals surface area contributed by atoms with E-state index in [0.717, 1.165) is 37.5 Å². The number of likely N-dealkylation sites (N-methyl/N-ethyl adjacent to an activating group) is 1. The molecule has 2 aromatic heterocycles. The van der Waals surface area contributed by atoms with E-state index >= 15 is 0 Å². The smallest absolute Gasteiger partial charge is 0.274 e. The van der Waals surface area contributed by atoms with Crippen LogP contribution in [0.3, 0.4) is 0 Å². The standard InChI is InChI=1S/C14H18N4O/c1-11-15-13(12-5-3-4-6-18(11)12)14(19)17-9-7-16(2)8-10-17/h3-6H,7-10H2,1-2H3. The summed E-state index contributed by atoms with van der Waals surface area (Å²) >= 11 is 0. The van der Waals surface area contributed by atoms with Gasteiger partial charge in [0.2, 0.25) is 0 Å². The molecule has 1 aliphatic rings. The highest BCUT2D eigenvalue weighted by atomic mass is 16.2. The van der Waals surface area contributed by atoms with E-state index in [9.17, 15) is 4.79 Å². The molecular weight excluding hydrogens is 240 g/mol. The minimum Gasteiger partial charge on any atom is -0.335 e. The summed E-state index contributed by atoms with van der Waals surface area (Å²) < 4.78 is 1.96. The lowest BCUT2D eigenvalue weighted by molar-refractivity contribution is 0.0660. The van der Waals surface area contributed by atoms with Gasteiger partial charge in [-0.05, 0) is 26.1 Å². The van der Waals surface area contributed by atoms with Crippen LogP contribution in [-0.2, 0) is 0 Å². The molecular formula is C14H18N4O. The molecule has 100 valence electrons. The fraction of sp³-hybridized carbons (Fsp3) is 0.429. The first-order chi connectivity index (χ1) is 9.16. The summed E-state index contributed by atoms with van der Waals surface area (Å²) in [6, 6.07) is 5.84. The minimum absolute atomic E-state index is 0.0462. The number of imidazole rings is 1. The normalized spacial score (nSPS) is 17.1. The van der Waals surface area contributed by atoms with Gasteiger partial charge in [0.05, 0.1) is 5.52 Å². The fourth-order valence-electron chi connectivity index (χ4n) is 2.51. The highest BCUT2D eigenvalue weighted by Crippen LogP contribution is 2.15. The SMILES string of the molecule is Cc1nc(C(=O)N2CCN(C)CC2)c2ccccn12. The van der Waals surface area contributed by atoms with Crippen LogP contribution < -0.4 is 0 Å². The largest absolute Gasteiger partial charge is 0.335 e. The van der Waals surface area contributed by atoms with Crippen molar-refractivity contribution in [2.45, 2.75) is 6.92 Å². The third kappa shape index (κ3) is 2.10. The van der Waals surface area contributed by atoms with Crippen molar-refractivity contribution in [3.63, 3.8) is 0 Å². The van der Waals surface area contributed by atoms with E-state index in [1.54, 1.807) is 0 Å². The Bertz CT molecular complexity index is 611. The van der Waals surface area contributed by atoms with Crippen LogP contribution in [0.2, 0.25) is 0 Å². The molecule has 0 unspecified atom stereocenters. The number of nitrogens with zero attached hydrogens (tertiary/aromatic N) is 4. The van der Waals surface area contributed by atoms with Crippen molar-refractivity contribution in [1.82, 2.24) is 19.2 Å². The predicted octanol–water partition coefficient (Wildman–Crippen LogP) is 1.03. The molecule has 1 aliphatic heterocycles. The molecule has 5 nitrogen and oxygen atoms in total. The van der Waals surface area contributed by atoms with E-state index < -0.39 is 0 Å². The minimum atomic E-state index is 0.0462. The van der Waals surface area contributed by atoms with E-state index in [4.69, 9.17) is 0 Å². The Morgan fingerprint density at radius 2 is 1.95 bits per heavy atom. The number of hydrogen-bond acceptors (Lipinski definition) is 3. The molecule has 0 N–H and O–H groups in total. The summed E-state index contributed by atoms with van der Waals surface area (Å²) in [7, 11) is 2.08. The van der Waals surface area contributed by atoms with Crippen molar-refractivity contribution in [1.29, 1.82) is 0 Å². The summed E-state index contributed by atoms with van der Waals surface area (Å²) in [5, 5.41) is 0. The maximum absolute atomic E-state index is 12.6. The maximum Gasteiger partial charge on any atom is 0.274 e. The summed E-state index contributed by atoms with van der Waals surface area (Å²) in [5.41, 5.74) is 1.46. The van der Waals surface area contributed by atoms with Crippen molar-refractivity contribution in [3.8, 4) is 0 Å². The van der Waals surface area contributed by atoms with Gasteiger partial charge in [-0.15, -0.1) is 0 Å². The molecule has 0 aromatic carbocycles. The lowest BCUT2D eigenvalue weighted by Crippen LogP contribution is -2.47. The summed E-state index contributed by atoms with van der Waals surface area (Å²) in [6.45, 7) is 5.33. The Labute approximate surface area is 112 Å². The lowest BCUT2D eigenvalue weighted by atomic mass is 10.2. The van der Waals surface area contributed by atoms with Gasteiger partial charge in [0.25, 0.3) is 5.91 Å². The second-order valence-electron chi connectivity index (χ2n) is 5.06. The van der Waals surface area contributed by atoms with Gasteiger partial charge in [0.1, 0.15) is 5.82 Å². The lowest BCUT2D eigenvalue weighted by Gasteiger charge is -2.32. The molecule has 0 atom stereocenters. The van der Waals surface area contributed by atoms with Crippen LogP contribution in [-0.4, -0.2) is 58.3 Å². The molecule has 1 saturated heterocycles. The molecule has 1 fully saturated rings. The number of rotatable bonds is 1. The topological polar surface area (TPSA) is 40.9 Å². The number of carbonyl (C=O) groups is 1. The van der Waals surface area contributed by atoms with Crippen molar-refractivity contribution in [2.75, 3.05) is 33.2 Å². The number of aryl methyl sites for hydroxylation is 1. The van der Waals surface area contributed by atoms with E-state index in [2.05, 4.69) is 16.9 Å². The van der Waals surface area contributed by atoms with Crippen molar-refractivity contribution >= 4 is 11.4 Å². The molecule has 2 aromatic rings. The van der Waals surface area contributed by atoms with E-state index in [1.807, 2.05) is 40.6 Å². The van der Waals surface area contributed by atoms with Crippen LogP contribution in [0, 0.1) is 6.92 Å². The van der Waals surface area contributed by atoms with Crippen LogP contribution in [0.5, 0.6) is 0 Å². The summed E-state index contributed by atoms with van der Waals surface area (Å²) in [5.74, 6) is 0.901. The summed E-state index contributed by atoms with van der Waals surface area (Å²) in [4.78, 5) is 21.1. The van der Waals surface area contributed by atoms with E-state index in [1.165, 1.54) is 0 Å². The predicted molar refractivity (Wildman–Crippen MR) is 73.3 cm³/mol. The number of piperazine rings is 1. The zero-order valence-corrected chi connectivity index (χ0v) is 11.3. The zero-order chi connectivity index (χ0) is 13.4. The molecule has 0 saturated carbocycles. The van der Waals surface area contributed by atoms with Crippen molar-refractivity contribution in [3.05, 3.63) is 35.9 Å². The molecule has 0 radical (unpaired) electrons. The first-order valence-corrected chi connectivity index (χ1v) is 6.58. The second kappa shape index (κ2) is 4.66. The third-order valence-corrected chi connectivity index (χ3v) is 3.72. The number of hydrogen-bond donors (Lipinski definition) is 0. The van der Waals surface area contributed by atoms with Gasteiger partial charge in [-0.25, -0.2) is 4.98 Å². The highest BCUT2D eigenvalue weighted by Gasteiger charge is 2.24. The molecule has 3 heterocycles. The van der Waals surface area contributed by atoms with Gasteiger partial charge in [0, 0.05) is 32.4 Å². The highest BCUT2D eigenvalue weighted by molar-refractivity contribution is 5.99. The number of amides is 1. The third-order valence-electron chi connectivity index (χ3n) is 3.72. The molecule has 3 rings (SSSR count). The Hall–Kier alpha value is -1.88. The number of carbonyl (C=O) groups excluding carboxylic acids is 1. The van der Waals surface area contributed by atoms with Gasteiger partial charge in [-0.3, -0.25) is 4.79 Å². The number of pyridine rings is 1. The molecule has 19 heavy (non-hydrogen) atoms. The molecule has 0 aliphatic carbocycles. The Kier molecular flexibility index (Phi) is 2.98. The van der Waals surface area contributed by atoms with Crippen molar-refractivity contribution in [2.24, 2.45) is 0 Å². The molecule has 5 heteroatoms. The quantitative estimate of drug-likeness (QED) is 0.767. The van der Waals surface area contributed by atoms with Gasteiger partial charge in [-0.2, -0.15) is 0 Å². The Morgan fingerprint density at radius 1 is 1.21 bits per heavy atom. The van der Waals surface area contributed by atoms with Gasteiger partial charge >= 0.3 is 0 Å². The number of fused-ring (bicyclic) bond motifs is 1.